The molecule has 0 N–H and O–H groups in total. The number of carbonyl (C=O) groups is 1. The molecule has 1 atom stereocenters. The van der Waals surface area contributed by atoms with Crippen molar-refractivity contribution in [2.45, 2.75) is 30.2 Å². The van der Waals surface area contributed by atoms with Crippen LogP contribution in [0.1, 0.15) is 18.9 Å². The summed E-state index contributed by atoms with van der Waals surface area (Å²) in [6.07, 6.45) is 3.71. The van der Waals surface area contributed by atoms with Gasteiger partial charge in [-0.2, -0.15) is 0 Å². The van der Waals surface area contributed by atoms with Crippen LogP contribution in [0.25, 0.3) is 0 Å². The third kappa shape index (κ3) is 2.81. The van der Waals surface area contributed by atoms with Gasteiger partial charge in [-0.1, -0.05) is 30.0 Å². The van der Waals surface area contributed by atoms with Crippen LogP contribution in [-0.2, 0) is 18.3 Å². The molecule has 1 aromatic heterocycles. The van der Waals surface area contributed by atoms with Crippen LogP contribution in [0.4, 0.5) is 5.69 Å². The van der Waals surface area contributed by atoms with Crippen LogP contribution in [0.15, 0.2) is 35.7 Å². The van der Waals surface area contributed by atoms with Crippen molar-refractivity contribution < 1.29 is 4.79 Å². The number of rotatable bonds is 3. The van der Waals surface area contributed by atoms with Gasteiger partial charge in [0.15, 0.2) is 5.16 Å². The number of thioether (sulfide) groups is 1. The number of amides is 1. The van der Waals surface area contributed by atoms with Gasteiger partial charge in [0, 0.05) is 19.3 Å². The highest BCUT2D eigenvalue weighted by atomic mass is 32.2. The third-order valence-corrected chi connectivity index (χ3v) is 4.81. The molecule has 21 heavy (non-hydrogen) atoms. The number of hydrogen-bond acceptors (Lipinski definition) is 4. The van der Waals surface area contributed by atoms with E-state index in [0.717, 1.165) is 30.2 Å². The molecule has 2 aromatic rings. The second-order valence-corrected chi connectivity index (χ2v) is 6.51. The van der Waals surface area contributed by atoms with E-state index in [0.29, 0.717) is 0 Å². The minimum atomic E-state index is -0.181. The quantitative estimate of drug-likeness (QED) is 0.816. The van der Waals surface area contributed by atoms with Gasteiger partial charge in [-0.05, 0) is 31.4 Å². The zero-order valence-electron chi connectivity index (χ0n) is 12.2. The molecule has 0 fully saturated rings. The molecule has 0 saturated carbocycles. The summed E-state index contributed by atoms with van der Waals surface area (Å²) in [4.78, 5) is 14.7. The lowest BCUT2D eigenvalue weighted by Gasteiger charge is -2.31. The number of benzene rings is 1. The molecule has 6 heteroatoms. The standard InChI is InChI=1S/C15H18N4OS/c1-11(21-15-17-16-10-18(15)2)14(20)19-9-5-7-12-6-3-4-8-13(12)19/h3-4,6,8,10-11H,5,7,9H2,1-2H3/t11-/m1/s1. The molecule has 1 aromatic carbocycles. The summed E-state index contributed by atoms with van der Waals surface area (Å²) >= 11 is 1.45. The van der Waals surface area contributed by atoms with Crippen molar-refractivity contribution in [2.75, 3.05) is 11.4 Å². The predicted molar refractivity (Wildman–Crippen MR) is 83.4 cm³/mol. The van der Waals surface area contributed by atoms with Crippen LogP contribution in [0.2, 0.25) is 0 Å². The highest BCUT2D eigenvalue weighted by Gasteiger charge is 2.27. The van der Waals surface area contributed by atoms with Crippen molar-refractivity contribution in [1.29, 1.82) is 0 Å². The lowest BCUT2D eigenvalue weighted by atomic mass is 10.0. The summed E-state index contributed by atoms with van der Waals surface area (Å²) in [7, 11) is 1.88. The molecular weight excluding hydrogens is 284 g/mol. The van der Waals surface area contributed by atoms with Gasteiger partial charge in [-0.3, -0.25) is 4.79 Å². The molecule has 1 amide bonds. The Balaban J connectivity index is 1.78. The van der Waals surface area contributed by atoms with E-state index >= 15 is 0 Å². The molecule has 3 rings (SSSR count). The second kappa shape index (κ2) is 5.89. The van der Waals surface area contributed by atoms with Crippen LogP contribution in [-0.4, -0.2) is 32.5 Å². The molecule has 2 heterocycles. The monoisotopic (exact) mass is 302 g/mol. The van der Waals surface area contributed by atoms with Crippen molar-refractivity contribution >= 4 is 23.4 Å². The number of aryl methyl sites for hydroxylation is 2. The molecule has 0 unspecified atom stereocenters. The van der Waals surface area contributed by atoms with E-state index in [1.165, 1.54) is 17.3 Å². The molecule has 0 radical (unpaired) electrons. The van der Waals surface area contributed by atoms with Gasteiger partial charge in [-0.25, -0.2) is 0 Å². The van der Waals surface area contributed by atoms with E-state index in [1.54, 1.807) is 6.33 Å². The fourth-order valence-electron chi connectivity index (χ4n) is 2.57. The zero-order valence-corrected chi connectivity index (χ0v) is 13.0. The number of aromatic nitrogens is 3. The first kappa shape index (κ1) is 14.1. The van der Waals surface area contributed by atoms with Gasteiger partial charge in [0.2, 0.25) is 5.91 Å². The van der Waals surface area contributed by atoms with E-state index < -0.39 is 0 Å². The summed E-state index contributed by atoms with van der Waals surface area (Å²) in [5.41, 5.74) is 2.31. The van der Waals surface area contributed by atoms with Gasteiger partial charge < -0.3 is 9.47 Å². The molecule has 0 bridgehead atoms. The Morgan fingerprint density at radius 2 is 2.19 bits per heavy atom. The van der Waals surface area contributed by atoms with Crippen LogP contribution in [0, 0.1) is 0 Å². The average Bonchev–Trinajstić information content (AvgIpc) is 2.91. The SMILES string of the molecule is C[C@@H](Sc1nncn1C)C(=O)N1CCCc2ccccc21. The lowest BCUT2D eigenvalue weighted by molar-refractivity contribution is -0.117. The number of para-hydroxylation sites is 1. The number of fused-ring (bicyclic) bond motifs is 1. The minimum Gasteiger partial charge on any atom is -0.312 e. The van der Waals surface area contributed by atoms with Crippen LogP contribution in [0.5, 0.6) is 0 Å². The fraction of sp³-hybridized carbons (Fsp3) is 0.400. The largest absolute Gasteiger partial charge is 0.312 e. The Kier molecular flexibility index (Phi) is 3.96. The van der Waals surface area contributed by atoms with Gasteiger partial charge in [0.25, 0.3) is 0 Å². The van der Waals surface area contributed by atoms with Gasteiger partial charge in [0.1, 0.15) is 6.33 Å². The molecule has 5 nitrogen and oxygen atoms in total. The summed E-state index contributed by atoms with van der Waals surface area (Å²) < 4.78 is 1.83. The van der Waals surface area contributed by atoms with Crippen LogP contribution < -0.4 is 4.90 Å². The van der Waals surface area contributed by atoms with Crippen molar-refractivity contribution in [3.63, 3.8) is 0 Å². The van der Waals surface area contributed by atoms with E-state index in [-0.39, 0.29) is 11.2 Å². The number of nitrogens with zero attached hydrogens (tertiary/aromatic N) is 4. The molecule has 0 saturated heterocycles. The van der Waals surface area contributed by atoms with E-state index in [1.807, 2.05) is 41.6 Å². The van der Waals surface area contributed by atoms with Crippen molar-refractivity contribution in [3.8, 4) is 0 Å². The second-order valence-electron chi connectivity index (χ2n) is 5.21. The molecule has 0 spiro atoms. The predicted octanol–water partition coefficient (Wildman–Crippen LogP) is 2.28. The van der Waals surface area contributed by atoms with E-state index in [2.05, 4.69) is 16.3 Å². The topological polar surface area (TPSA) is 51.0 Å². The Morgan fingerprint density at radius 1 is 1.38 bits per heavy atom. The van der Waals surface area contributed by atoms with Crippen molar-refractivity contribution in [2.24, 2.45) is 7.05 Å². The molecule has 1 aliphatic rings. The third-order valence-electron chi connectivity index (χ3n) is 3.68. The Labute approximate surface area is 128 Å². The first-order chi connectivity index (χ1) is 10.2. The first-order valence-corrected chi connectivity index (χ1v) is 7.94. The van der Waals surface area contributed by atoms with E-state index in [4.69, 9.17) is 0 Å². The maximum absolute atomic E-state index is 12.7. The Hall–Kier alpha value is -1.82. The Bertz CT molecular complexity index is 655. The minimum absolute atomic E-state index is 0.134. The van der Waals surface area contributed by atoms with Crippen molar-refractivity contribution in [1.82, 2.24) is 14.8 Å². The molecule has 1 aliphatic heterocycles. The maximum atomic E-state index is 12.7. The van der Waals surface area contributed by atoms with E-state index in [9.17, 15) is 4.79 Å². The zero-order chi connectivity index (χ0) is 14.8. The summed E-state index contributed by atoms with van der Waals surface area (Å²) in [6.45, 7) is 2.72. The highest BCUT2D eigenvalue weighted by Crippen LogP contribution is 2.30. The summed E-state index contributed by atoms with van der Waals surface area (Å²) in [5, 5.41) is 8.47. The number of anilines is 1. The van der Waals surface area contributed by atoms with Gasteiger partial charge in [-0.15, -0.1) is 10.2 Å². The van der Waals surface area contributed by atoms with Crippen LogP contribution in [0.3, 0.4) is 0 Å². The van der Waals surface area contributed by atoms with Gasteiger partial charge >= 0.3 is 0 Å². The highest BCUT2D eigenvalue weighted by molar-refractivity contribution is 8.00. The molecule has 0 aliphatic carbocycles. The summed E-state index contributed by atoms with van der Waals surface area (Å²) in [6, 6.07) is 8.16. The molecule has 110 valence electrons. The number of carbonyl (C=O) groups excluding carboxylic acids is 1. The fourth-order valence-corrected chi connectivity index (χ4v) is 3.42. The van der Waals surface area contributed by atoms with Crippen LogP contribution >= 0.6 is 11.8 Å². The first-order valence-electron chi connectivity index (χ1n) is 7.07. The normalized spacial score (nSPS) is 15.6. The lowest BCUT2D eigenvalue weighted by Crippen LogP contribution is -2.40. The van der Waals surface area contributed by atoms with Gasteiger partial charge in [0.05, 0.1) is 5.25 Å². The molecular formula is C15H18N4OS. The maximum Gasteiger partial charge on any atom is 0.240 e. The average molecular weight is 302 g/mol. The smallest absolute Gasteiger partial charge is 0.240 e. The summed E-state index contributed by atoms with van der Waals surface area (Å²) in [5.74, 6) is 0.134. The Morgan fingerprint density at radius 3 is 2.95 bits per heavy atom. The van der Waals surface area contributed by atoms with Crippen molar-refractivity contribution in [3.05, 3.63) is 36.2 Å². The number of hydrogen-bond donors (Lipinski definition) is 0.